The number of guanidine groups is 1. The van der Waals surface area contributed by atoms with Crippen molar-refractivity contribution in [3.8, 4) is 0 Å². The van der Waals surface area contributed by atoms with Gasteiger partial charge in [-0.15, -0.1) is 5.10 Å². The zero-order valence-electron chi connectivity index (χ0n) is 9.59. The Labute approximate surface area is 99.6 Å². The molecule has 0 aliphatic carbocycles. The molecule has 2 aromatic carbocycles. The summed E-state index contributed by atoms with van der Waals surface area (Å²) in [6.07, 6.45) is 1.65. The zero-order chi connectivity index (χ0) is 12.3. The van der Waals surface area contributed by atoms with Crippen LogP contribution in [-0.4, -0.2) is 12.2 Å². The monoisotopic (exact) mass is 226 g/mol. The molecule has 0 aromatic heterocycles. The molecule has 2 aromatic rings. The van der Waals surface area contributed by atoms with Crippen molar-refractivity contribution in [2.24, 2.45) is 21.7 Å². The van der Waals surface area contributed by atoms with Crippen LogP contribution in [0.5, 0.6) is 0 Å². The van der Waals surface area contributed by atoms with Gasteiger partial charge in [-0.2, -0.15) is 5.10 Å². The van der Waals surface area contributed by atoms with E-state index in [4.69, 9.17) is 11.5 Å². The number of rotatable bonds is 2. The van der Waals surface area contributed by atoms with E-state index in [0.29, 0.717) is 0 Å². The average Bonchev–Trinajstić information content (AvgIpc) is 2.32. The number of hydrogen-bond donors (Lipinski definition) is 2. The van der Waals surface area contributed by atoms with E-state index in [0.717, 1.165) is 10.9 Å². The van der Waals surface area contributed by atoms with Gasteiger partial charge in [-0.05, 0) is 23.3 Å². The molecule has 4 nitrogen and oxygen atoms in total. The van der Waals surface area contributed by atoms with Crippen molar-refractivity contribution in [3.05, 3.63) is 47.5 Å². The third-order valence-electron chi connectivity index (χ3n) is 2.55. The van der Waals surface area contributed by atoms with Crippen molar-refractivity contribution in [1.82, 2.24) is 0 Å². The van der Waals surface area contributed by atoms with E-state index in [9.17, 15) is 0 Å². The van der Waals surface area contributed by atoms with Crippen LogP contribution in [0, 0.1) is 6.92 Å². The molecule has 2 rings (SSSR count). The second-order valence-electron chi connectivity index (χ2n) is 3.79. The first kappa shape index (κ1) is 11.1. The molecule has 4 N–H and O–H groups in total. The van der Waals surface area contributed by atoms with Gasteiger partial charge in [0.25, 0.3) is 0 Å². The molecule has 0 radical (unpaired) electrons. The first-order valence-corrected chi connectivity index (χ1v) is 5.29. The number of nitrogens with zero attached hydrogens (tertiary/aromatic N) is 2. The largest absolute Gasteiger partial charge is 0.369 e. The van der Waals surface area contributed by atoms with E-state index in [1.165, 1.54) is 10.9 Å². The van der Waals surface area contributed by atoms with Crippen LogP contribution in [0.2, 0.25) is 0 Å². The van der Waals surface area contributed by atoms with Gasteiger partial charge in [-0.3, -0.25) is 0 Å². The molecule has 0 aliphatic rings. The van der Waals surface area contributed by atoms with Crippen molar-refractivity contribution >= 4 is 22.9 Å². The lowest BCUT2D eigenvalue weighted by atomic mass is 10.0. The fourth-order valence-corrected chi connectivity index (χ4v) is 1.74. The molecule has 0 saturated carbocycles. The minimum absolute atomic E-state index is 0.0438. The summed E-state index contributed by atoms with van der Waals surface area (Å²) in [5, 5.41) is 9.77. The Kier molecular flexibility index (Phi) is 3.05. The first-order valence-electron chi connectivity index (χ1n) is 5.29. The van der Waals surface area contributed by atoms with Crippen molar-refractivity contribution in [3.63, 3.8) is 0 Å². The number of fused-ring (bicyclic) bond motifs is 1. The summed E-state index contributed by atoms with van der Waals surface area (Å²) in [5.41, 5.74) is 12.6. The molecule has 0 fully saturated rings. The zero-order valence-corrected chi connectivity index (χ0v) is 9.59. The van der Waals surface area contributed by atoms with Gasteiger partial charge in [0.1, 0.15) is 0 Å². The Hall–Kier alpha value is -2.36. The van der Waals surface area contributed by atoms with E-state index >= 15 is 0 Å². The smallest absolute Gasteiger partial charge is 0.211 e. The highest BCUT2D eigenvalue weighted by atomic mass is 15.3. The van der Waals surface area contributed by atoms with E-state index in [1.54, 1.807) is 6.21 Å². The highest BCUT2D eigenvalue weighted by molar-refractivity contribution is 6.01. The lowest BCUT2D eigenvalue weighted by Crippen LogP contribution is -2.21. The summed E-state index contributed by atoms with van der Waals surface area (Å²) in [7, 11) is 0. The quantitative estimate of drug-likeness (QED) is 0.465. The maximum absolute atomic E-state index is 5.21. The number of nitrogens with two attached hydrogens (primary N) is 2. The minimum atomic E-state index is -0.0438. The van der Waals surface area contributed by atoms with E-state index in [2.05, 4.69) is 35.3 Å². The van der Waals surface area contributed by atoms with Crippen LogP contribution in [0.15, 0.2) is 46.6 Å². The molecular formula is C13H14N4. The van der Waals surface area contributed by atoms with Gasteiger partial charge >= 0.3 is 0 Å². The van der Waals surface area contributed by atoms with Crippen LogP contribution < -0.4 is 11.5 Å². The Bertz CT molecular complexity index is 595. The van der Waals surface area contributed by atoms with Crippen LogP contribution >= 0.6 is 0 Å². The van der Waals surface area contributed by atoms with Gasteiger partial charge < -0.3 is 11.5 Å². The van der Waals surface area contributed by atoms with Crippen molar-refractivity contribution in [1.29, 1.82) is 0 Å². The molecular weight excluding hydrogens is 212 g/mol. The third-order valence-corrected chi connectivity index (χ3v) is 2.55. The summed E-state index contributed by atoms with van der Waals surface area (Å²) in [6.45, 7) is 2.08. The second-order valence-corrected chi connectivity index (χ2v) is 3.79. The lowest BCUT2D eigenvalue weighted by molar-refractivity contribution is 1.22. The lowest BCUT2D eigenvalue weighted by Gasteiger charge is -2.04. The Morgan fingerprint density at radius 3 is 2.47 bits per heavy atom. The van der Waals surface area contributed by atoms with E-state index in [1.807, 2.05) is 18.2 Å². The SMILES string of the molecule is Cc1ccc(/C=N/N=C(N)N)c2ccccc12. The average molecular weight is 226 g/mol. The summed E-state index contributed by atoms with van der Waals surface area (Å²) >= 11 is 0. The molecule has 0 atom stereocenters. The highest BCUT2D eigenvalue weighted by Gasteiger charge is 2.00. The van der Waals surface area contributed by atoms with Crippen LogP contribution in [0.3, 0.4) is 0 Å². The summed E-state index contributed by atoms with van der Waals surface area (Å²) in [4.78, 5) is 0. The van der Waals surface area contributed by atoms with E-state index < -0.39 is 0 Å². The molecule has 0 unspecified atom stereocenters. The molecule has 0 aliphatic heterocycles. The highest BCUT2D eigenvalue weighted by Crippen LogP contribution is 2.21. The summed E-state index contributed by atoms with van der Waals surface area (Å²) in [6, 6.07) is 12.2. The topological polar surface area (TPSA) is 76.8 Å². The molecule has 17 heavy (non-hydrogen) atoms. The van der Waals surface area contributed by atoms with Gasteiger partial charge in [-0.1, -0.05) is 36.4 Å². The van der Waals surface area contributed by atoms with Crippen molar-refractivity contribution in [2.75, 3.05) is 0 Å². The third kappa shape index (κ3) is 2.42. The fraction of sp³-hybridized carbons (Fsp3) is 0.0769. The van der Waals surface area contributed by atoms with E-state index in [-0.39, 0.29) is 5.96 Å². The molecule has 4 heteroatoms. The molecule has 0 bridgehead atoms. The maximum Gasteiger partial charge on any atom is 0.211 e. The number of aryl methyl sites for hydroxylation is 1. The molecule has 0 amide bonds. The predicted octanol–water partition coefficient (Wildman–Crippen LogP) is 1.76. The number of benzene rings is 2. The number of hydrogen-bond acceptors (Lipinski definition) is 2. The van der Waals surface area contributed by atoms with Gasteiger partial charge in [0.15, 0.2) is 0 Å². The molecule has 0 saturated heterocycles. The van der Waals surface area contributed by atoms with Gasteiger partial charge in [-0.25, -0.2) is 0 Å². The molecule has 86 valence electrons. The van der Waals surface area contributed by atoms with Crippen LogP contribution in [0.1, 0.15) is 11.1 Å². The van der Waals surface area contributed by atoms with Crippen molar-refractivity contribution in [2.45, 2.75) is 6.92 Å². The summed E-state index contributed by atoms with van der Waals surface area (Å²) in [5.74, 6) is -0.0438. The van der Waals surface area contributed by atoms with Gasteiger partial charge in [0, 0.05) is 5.56 Å². The summed E-state index contributed by atoms with van der Waals surface area (Å²) < 4.78 is 0. The normalized spacial score (nSPS) is 10.9. The second kappa shape index (κ2) is 4.65. The predicted molar refractivity (Wildman–Crippen MR) is 72.1 cm³/mol. The van der Waals surface area contributed by atoms with Crippen LogP contribution in [0.25, 0.3) is 10.8 Å². The Morgan fingerprint density at radius 2 is 1.76 bits per heavy atom. The molecule has 0 spiro atoms. The Balaban J connectivity index is 2.52. The maximum atomic E-state index is 5.21. The Morgan fingerprint density at radius 1 is 1.06 bits per heavy atom. The minimum Gasteiger partial charge on any atom is -0.369 e. The fourth-order valence-electron chi connectivity index (χ4n) is 1.74. The molecule has 0 heterocycles. The van der Waals surface area contributed by atoms with Crippen LogP contribution in [0.4, 0.5) is 0 Å². The van der Waals surface area contributed by atoms with Gasteiger partial charge in [0.05, 0.1) is 6.21 Å². The van der Waals surface area contributed by atoms with Gasteiger partial charge in [0.2, 0.25) is 5.96 Å². The van der Waals surface area contributed by atoms with Crippen molar-refractivity contribution < 1.29 is 0 Å². The first-order chi connectivity index (χ1) is 8.18. The standard InChI is InChI=1S/C13H14N4/c1-9-6-7-10(8-16-17-13(14)15)12-5-3-2-4-11(9)12/h2-8H,1H3,(H4,14,15,17)/b16-8+. The van der Waals surface area contributed by atoms with Crippen LogP contribution in [-0.2, 0) is 0 Å².